The minimum Gasteiger partial charge on any atom is -0.458 e. The fourth-order valence-electron chi connectivity index (χ4n) is 1.91. The molecule has 0 spiro atoms. The Balaban J connectivity index is 2.29. The van der Waals surface area contributed by atoms with Crippen LogP contribution in [0.1, 0.15) is 30.8 Å². The molecule has 0 amide bonds. The van der Waals surface area contributed by atoms with Crippen LogP contribution in [0.2, 0.25) is 0 Å². The van der Waals surface area contributed by atoms with Crippen molar-refractivity contribution < 1.29 is 4.42 Å². The molecule has 2 aromatic heterocycles. The van der Waals surface area contributed by atoms with Gasteiger partial charge in [0.15, 0.2) is 5.76 Å². The zero-order chi connectivity index (χ0) is 12.4. The number of nitrogens with zero attached hydrogens (tertiary/aromatic N) is 2. The van der Waals surface area contributed by atoms with E-state index >= 15 is 0 Å². The third-order valence-corrected chi connectivity index (χ3v) is 3.09. The van der Waals surface area contributed by atoms with Gasteiger partial charge in [0, 0.05) is 12.7 Å². The molecular weight excluding hydrogens is 214 g/mol. The third-order valence-electron chi connectivity index (χ3n) is 3.09. The van der Waals surface area contributed by atoms with Crippen LogP contribution in [0.4, 0.5) is 0 Å². The standard InChI is InChI=1S/C13H19N3O/c1-5-10(14-3)12-6-7-13(17-12)11-8-9(2)16(4)15-11/h6-8,10,14H,5H2,1-4H3. The van der Waals surface area contributed by atoms with Gasteiger partial charge in [0.1, 0.15) is 11.5 Å². The number of rotatable bonds is 4. The van der Waals surface area contributed by atoms with Gasteiger partial charge in [-0.25, -0.2) is 0 Å². The number of hydrogen-bond acceptors (Lipinski definition) is 3. The highest BCUT2D eigenvalue weighted by Gasteiger charge is 2.14. The van der Waals surface area contributed by atoms with E-state index in [1.54, 1.807) is 0 Å². The summed E-state index contributed by atoms with van der Waals surface area (Å²) in [4.78, 5) is 0. The van der Waals surface area contributed by atoms with Gasteiger partial charge in [0.25, 0.3) is 0 Å². The third kappa shape index (κ3) is 2.26. The average Bonchev–Trinajstić information content (AvgIpc) is 2.89. The van der Waals surface area contributed by atoms with Crippen LogP contribution in [-0.4, -0.2) is 16.8 Å². The first-order valence-corrected chi connectivity index (χ1v) is 5.93. The Bertz CT molecular complexity index is 475. The minimum atomic E-state index is 0.272. The highest BCUT2D eigenvalue weighted by atomic mass is 16.3. The fraction of sp³-hybridized carbons (Fsp3) is 0.462. The first-order chi connectivity index (χ1) is 8.15. The van der Waals surface area contributed by atoms with Crippen molar-refractivity contribution in [2.75, 3.05) is 7.05 Å². The van der Waals surface area contributed by atoms with E-state index in [9.17, 15) is 0 Å². The summed E-state index contributed by atoms with van der Waals surface area (Å²) in [5.41, 5.74) is 2.01. The summed E-state index contributed by atoms with van der Waals surface area (Å²) in [7, 11) is 3.88. The summed E-state index contributed by atoms with van der Waals surface area (Å²) < 4.78 is 7.70. The van der Waals surface area contributed by atoms with Gasteiger partial charge in [0.05, 0.1) is 6.04 Å². The SMILES string of the molecule is CCC(NC)c1ccc(-c2cc(C)n(C)n2)o1. The number of furan rings is 1. The lowest BCUT2D eigenvalue weighted by molar-refractivity contribution is 0.430. The molecule has 0 radical (unpaired) electrons. The van der Waals surface area contributed by atoms with Crippen molar-refractivity contribution in [3.05, 3.63) is 29.7 Å². The topological polar surface area (TPSA) is 43.0 Å². The molecule has 4 nitrogen and oxygen atoms in total. The van der Waals surface area contributed by atoms with Crippen LogP contribution >= 0.6 is 0 Å². The smallest absolute Gasteiger partial charge is 0.154 e. The van der Waals surface area contributed by atoms with Gasteiger partial charge >= 0.3 is 0 Å². The molecule has 0 saturated heterocycles. The van der Waals surface area contributed by atoms with E-state index in [0.29, 0.717) is 0 Å². The van der Waals surface area contributed by atoms with Crippen molar-refractivity contribution in [2.45, 2.75) is 26.3 Å². The van der Waals surface area contributed by atoms with E-state index in [1.165, 1.54) is 0 Å². The van der Waals surface area contributed by atoms with Crippen LogP contribution in [0.5, 0.6) is 0 Å². The van der Waals surface area contributed by atoms with E-state index in [4.69, 9.17) is 4.42 Å². The number of hydrogen-bond donors (Lipinski definition) is 1. The molecule has 0 aliphatic rings. The van der Waals surface area contributed by atoms with Crippen molar-refractivity contribution in [3.63, 3.8) is 0 Å². The molecule has 1 unspecified atom stereocenters. The first kappa shape index (κ1) is 11.9. The average molecular weight is 233 g/mol. The Morgan fingerprint density at radius 3 is 2.76 bits per heavy atom. The lowest BCUT2D eigenvalue weighted by atomic mass is 10.2. The van der Waals surface area contributed by atoms with Crippen molar-refractivity contribution in [1.29, 1.82) is 0 Å². The van der Waals surface area contributed by atoms with Gasteiger partial charge in [-0.1, -0.05) is 6.92 Å². The van der Waals surface area contributed by atoms with Crippen molar-refractivity contribution in [2.24, 2.45) is 7.05 Å². The molecule has 17 heavy (non-hydrogen) atoms. The summed E-state index contributed by atoms with van der Waals surface area (Å²) in [5, 5.41) is 7.64. The molecule has 2 rings (SSSR count). The normalized spacial score (nSPS) is 12.9. The Labute approximate surface area is 102 Å². The van der Waals surface area contributed by atoms with Crippen LogP contribution < -0.4 is 5.32 Å². The van der Waals surface area contributed by atoms with Crippen LogP contribution in [-0.2, 0) is 7.05 Å². The molecule has 1 atom stereocenters. The molecule has 0 aromatic carbocycles. The second-order valence-electron chi connectivity index (χ2n) is 4.25. The van der Waals surface area contributed by atoms with Gasteiger partial charge < -0.3 is 9.73 Å². The van der Waals surface area contributed by atoms with E-state index in [-0.39, 0.29) is 6.04 Å². The molecule has 0 aliphatic heterocycles. The van der Waals surface area contributed by atoms with E-state index in [2.05, 4.69) is 17.3 Å². The molecule has 0 bridgehead atoms. The second-order valence-corrected chi connectivity index (χ2v) is 4.25. The highest BCUT2D eigenvalue weighted by molar-refractivity contribution is 5.52. The minimum absolute atomic E-state index is 0.272. The zero-order valence-corrected chi connectivity index (χ0v) is 10.8. The van der Waals surface area contributed by atoms with Crippen LogP contribution in [0, 0.1) is 6.92 Å². The molecule has 0 saturated carbocycles. The zero-order valence-electron chi connectivity index (χ0n) is 10.8. The largest absolute Gasteiger partial charge is 0.458 e. The first-order valence-electron chi connectivity index (χ1n) is 5.93. The maximum atomic E-state index is 5.84. The molecule has 2 heterocycles. The van der Waals surface area contributed by atoms with Crippen molar-refractivity contribution >= 4 is 0 Å². The summed E-state index contributed by atoms with van der Waals surface area (Å²) in [5.74, 6) is 1.80. The van der Waals surface area contributed by atoms with Gasteiger partial charge in [-0.15, -0.1) is 0 Å². The van der Waals surface area contributed by atoms with E-state index in [0.717, 1.165) is 29.3 Å². The monoisotopic (exact) mass is 233 g/mol. The molecular formula is C13H19N3O. The van der Waals surface area contributed by atoms with Crippen LogP contribution in [0.3, 0.4) is 0 Å². The quantitative estimate of drug-likeness (QED) is 0.882. The molecule has 0 aliphatic carbocycles. The van der Waals surface area contributed by atoms with Gasteiger partial charge in [-0.2, -0.15) is 5.10 Å². The van der Waals surface area contributed by atoms with Gasteiger partial charge in [-0.05, 0) is 38.6 Å². The molecule has 4 heteroatoms. The maximum absolute atomic E-state index is 5.84. The summed E-state index contributed by atoms with van der Waals surface area (Å²) in [6.45, 7) is 4.16. The number of aryl methyl sites for hydroxylation is 2. The Kier molecular flexibility index (Phi) is 3.33. The summed E-state index contributed by atoms with van der Waals surface area (Å²) in [6.07, 6.45) is 1.00. The Morgan fingerprint density at radius 2 is 2.24 bits per heavy atom. The second kappa shape index (κ2) is 4.75. The fourth-order valence-corrected chi connectivity index (χ4v) is 1.91. The van der Waals surface area contributed by atoms with Gasteiger partial charge in [0.2, 0.25) is 0 Å². The van der Waals surface area contributed by atoms with Crippen LogP contribution in [0.15, 0.2) is 22.6 Å². The number of aromatic nitrogens is 2. The Hall–Kier alpha value is -1.55. The predicted molar refractivity (Wildman–Crippen MR) is 67.7 cm³/mol. The highest BCUT2D eigenvalue weighted by Crippen LogP contribution is 2.25. The molecule has 2 aromatic rings. The van der Waals surface area contributed by atoms with E-state index in [1.807, 2.05) is 43.9 Å². The summed E-state index contributed by atoms with van der Waals surface area (Å²) in [6, 6.07) is 6.30. The predicted octanol–water partition coefficient (Wildman–Crippen LogP) is 2.66. The lowest BCUT2D eigenvalue weighted by Gasteiger charge is -2.09. The van der Waals surface area contributed by atoms with E-state index < -0.39 is 0 Å². The molecule has 0 fully saturated rings. The van der Waals surface area contributed by atoms with Crippen molar-refractivity contribution in [3.8, 4) is 11.5 Å². The Morgan fingerprint density at radius 1 is 1.47 bits per heavy atom. The van der Waals surface area contributed by atoms with Crippen molar-refractivity contribution in [1.82, 2.24) is 15.1 Å². The number of nitrogens with one attached hydrogen (secondary N) is 1. The van der Waals surface area contributed by atoms with Gasteiger partial charge in [-0.3, -0.25) is 4.68 Å². The lowest BCUT2D eigenvalue weighted by Crippen LogP contribution is -2.14. The maximum Gasteiger partial charge on any atom is 0.154 e. The summed E-state index contributed by atoms with van der Waals surface area (Å²) >= 11 is 0. The van der Waals surface area contributed by atoms with Crippen LogP contribution in [0.25, 0.3) is 11.5 Å². The molecule has 1 N–H and O–H groups in total. The molecule has 92 valence electrons.